The van der Waals surface area contributed by atoms with E-state index in [1.165, 1.54) is 6.07 Å². The van der Waals surface area contributed by atoms with Crippen molar-refractivity contribution in [2.24, 2.45) is 0 Å². The summed E-state index contributed by atoms with van der Waals surface area (Å²) in [6.45, 7) is 0. The van der Waals surface area contributed by atoms with E-state index in [1.54, 1.807) is 0 Å². The van der Waals surface area contributed by atoms with Crippen LogP contribution in [0.25, 0.3) is 0 Å². The molecule has 0 aliphatic heterocycles. The second-order valence-corrected chi connectivity index (χ2v) is 2.17. The van der Waals surface area contributed by atoms with Crippen LogP contribution in [0.15, 0.2) is 6.07 Å². The maximum atomic E-state index is 9.05. The number of hydrogen-bond acceptors (Lipinski definition) is 5. The number of rotatable bonds is 0. The van der Waals surface area contributed by atoms with E-state index < -0.39 is 0 Å². The molecule has 0 amide bonds. The zero-order valence-electron chi connectivity index (χ0n) is 5.70. The van der Waals surface area contributed by atoms with Gasteiger partial charge >= 0.3 is 0 Å². The zero-order chi connectivity index (χ0) is 8.59. The lowest BCUT2D eigenvalue weighted by atomic mass is 10.2. The molecular formula is C6H9N3O2. The van der Waals surface area contributed by atoms with Crippen molar-refractivity contribution < 1.29 is 10.2 Å². The predicted octanol–water partition coefficient (Wildman–Crippen LogP) is -0.156. The monoisotopic (exact) mass is 155 g/mol. The van der Waals surface area contributed by atoms with Crippen molar-refractivity contribution in [3.8, 4) is 11.5 Å². The van der Waals surface area contributed by atoms with Gasteiger partial charge in [0.2, 0.25) is 0 Å². The maximum Gasteiger partial charge on any atom is 0.165 e. The molecule has 11 heavy (non-hydrogen) atoms. The molecule has 0 fully saturated rings. The van der Waals surface area contributed by atoms with E-state index in [4.69, 9.17) is 27.4 Å². The minimum absolute atomic E-state index is 0.0535. The predicted molar refractivity (Wildman–Crippen MR) is 43.0 cm³/mol. The molecule has 0 unspecified atom stereocenters. The van der Waals surface area contributed by atoms with Crippen LogP contribution < -0.4 is 17.2 Å². The van der Waals surface area contributed by atoms with Crippen LogP contribution in [0.4, 0.5) is 17.1 Å². The van der Waals surface area contributed by atoms with Gasteiger partial charge in [-0.05, 0) is 6.07 Å². The third kappa shape index (κ3) is 0.958. The quantitative estimate of drug-likeness (QED) is 0.203. The summed E-state index contributed by atoms with van der Waals surface area (Å²) >= 11 is 0. The highest BCUT2D eigenvalue weighted by molar-refractivity contribution is 5.80. The smallest absolute Gasteiger partial charge is 0.165 e. The first kappa shape index (κ1) is 7.33. The van der Waals surface area contributed by atoms with Crippen LogP contribution in [0, 0.1) is 0 Å². The fourth-order valence-electron chi connectivity index (χ4n) is 0.727. The van der Waals surface area contributed by atoms with E-state index in [-0.39, 0.29) is 28.6 Å². The van der Waals surface area contributed by atoms with Crippen molar-refractivity contribution in [1.82, 2.24) is 0 Å². The SMILES string of the molecule is Nc1cc(N)c(O)c(N)c1O. The van der Waals surface area contributed by atoms with E-state index in [1.807, 2.05) is 0 Å². The van der Waals surface area contributed by atoms with Crippen molar-refractivity contribution in [2.75, 3.05) is 17.2 Å². The number of benzene rings is 1. The molecule has 1 aromatic rings. The van der Waals surface area contributed by atoms with Gasteiger partial charge in [-0.3, -0.25) is 0 Å². The molecular weight excluding hydrogens is 146 g/mol. The normalized spacial score (nSPS) is 9.82. The van der Waals surface area contributed by atoms with Gasteiger partial charge in [0.25, 0.3) is 0 Å². The van der Waals surface area contributed by atoms with Crippen molar-refractivity contribution >= 4 is 17.1 Å². The molecule has 0 bridgehead atoms. The summed E-state index contributed by atoms with van der Waals surface area (Å²) in [6, 6.07) is 1.24. The van der Waals surface area contributed by atoms with Crippen LogP contribution in [0.3, 0.4) is 0 Å². The Bertz CT molecular complexity index is 272. The summed E-state index contributed by atoms with van der Waals surface area (Å²) in [5.74, 6) is -0.673. The molecule has 0 saturated carbocycles. The average Bonchev–Trinajstić information content (AvgIpc) is 1.97. The molecule has 0 atom stereocenters. The van der Waals surface area contributed by atoms with Gasteiger partial charge in [0.1, 0.15) is 5.69 Å². The van der Waals surface area contributed by atoms with Gasteiger partial charge in [0, 0.05) is 0 Å². The van der Waals surface area contributed by atoms with Crippen LogP contribution >= 0.6 is 0 Å². The highest BCUT2D eigenvalue weighted by Crippen LogP contribution is 2.39. The number of nitrogens with two attached hydrogens (primary N) is 3. The molecule has 8 N–H and O–H groups in total. The lowest BCUT2D eigenvalue weighted by Crippen LogP contribution is -1.96. The second kappa shape index (κ2) is 2.12. The standard InChI is InChI=1S/C6H9N3O2/c7-2-1-3(8)6(11)4(9)5(2)10/h1,10-11H,7-9H2. The van der Waals surface area contributed by atoms with Crippen LogP contribution in [0.2, 0.25) is 0 Å². The fraction of sp³-hybridized carbons (Fsp3) is 0. The zero-order valence-corrected chi connectivity index (χ0v) is 5.70. The molecule has 5 nitrogen and oxygen atoms in total. The number of phenolic OH excluding ortho intramolecular Hbond substituents is 2. The van der Waals surface area contributed by atoms with Gasteiger partial charge in [-0.15, -0.1) is 0 Å². The summed E-state index contributed by atoms with van der Waals surface area (Å²) in [7, 11) is 0. The third-order valence-corrected chi connectivity index (χ3v) is 1.37. The molecule has 0 spiro atoms. The summed E-state index contributed by atoms with van der Waals surface area (Å²) in [4.78, 5) is 0. The number of hydrogen-bond donors (Lipinski definition) is 5. The largest absolute Gasteiger partial charge is 0.504 e. The summed E-state index contributed by atoms with van der Waals surface area (Å²) < 4.78 is 0. The second-order valence-electron chi connectivity index (χ2n) is 2.17. The molecule has 0 aromatic heterocycles. The summed E-state index contributed by atoms with van der Waals surface area (Å²) in [5.41, 5.74) is 15.7. The van der Waals surface area contributed by atoms with E-state index in [0.29, 0.717) is 0 Å². The van der Waals surface area contributed by atoms with E-state index in [9.17, 15) is 0 Å². The van der Waals surface area contributed by atoms with Gasteiger partial charge < -0.3 is 27.4 Å². The minimum Gasteiger partial charge on any atom is -0.504 e. The molecule has 0 aliphatic rings. The minimum atomic E-state index is -0.336. The number of nitrogen functional groups attached to an aromatic ring is 3. The summed E-state index contributed by atoms with van der Waals surface area (Å²) in [5, 5.41) is 18.1. The Morgan fingerprint density at radius 3 is 1.64 bits per heavy atom. The van der Waals surface area contributed by atoms with E-state index >= 15 is 0 Å². The highest BCUT2D eigenvalue weighted by Gasteiger charge is 2.09. The molecule has 0 aliphatic carbocycles. The van der Waals surface area contributed by atoms with Crippen LogP contribution in [-0.2, 0) is 0 Å². The van der Waals surface area contributed by atoms with Crippen molar-refractivity contribution in [3.63, 3.8) is 0 Å². The van der Waals surface area contributed by atoms with Gasteiger partial charge in [-0.25, -0.2) is 0 Å². The lowest BCUT2D eigenvalue weighted by Gasteiger charge is -2.06. The van der Waals surface area contributed by atoms with Gasteiger partial charge in [-0.1, -0.05) is 0 Å². The Balaban J connectivity index is 3.46. The molecule has 5 heteroatoms. The molecule has 60 valence electrons. The maximum absolute atomic E-state index is 9.05. The molecule has 0 radical (unpaired) electrons. The first-order valence-corrected chi connectivity index (χ1v) is 2.89. The number of phenols is 2. The van der Waals surface area contributed by atoms with Gasteiger partial charge in [-0.2, -0.15) is 0 Å². The Hall–Kier alpha value is -1.78. The summed E-state index contributed by atoms with van der Waals surface area (Å²) in [6.07, 6.45) is 0. The van der Waals surface area contributed by atoms with Crippen molar-refractivity contribution in [1.29, 1.82) is 0 Å². The third-order valence-electron chi connectivity index (χ3n) is 1.37. The average molecular weight is 155 g/mol. The van der Waals surface area contributed by atoms with Crippen LogP contribution in [-0.4, -0.2) is 10.2 Å². The molecule has 1 rings (SSSR count). The molecule has 1 aromatic carbocycles. The van der Waals surface area contributed by atoms with Crippen LogP contribution in [0.5, 0.6) is 11.5 Å². The highest BCUT2D eigenvalue weighted by atomic mass is 16.3. The molecule has 0 heterocycles. The first-order valence-electron chi connectivity index (χ1n) is 2.89. The Morgan fingerprint density at radius 2 is 1.27 bits per heavy atom. The van der Waals surface area contributed by atoms with Crippen LogP contribution in [0.1, 0.15) is 0 Å². The fourth-order valence-corrected chi connectivity index (χ4v) is 0.727. The van der Waals surface area contributed by atoms with E-state index in [0.717, 1.165) is 0 Å². The Labute approximate surface area is 63.0 Å². The molecule has 0 saturated heterocycles. The first-order chi connectivity index (χ1) is 5.04. The Kier molecular flexibility index (Phi) is 1.41. The topological polar surface area (TPSA) is 119 Å². The Morgan fingerprint density at radius 1 is 0.909 bits per heavy atom. The van der Waals surface area contributed by atoms with Crippen molar-refractivity contribution in [3.05, 3.63) is 6.07 Å². The number of aromatic hydroxyl groups is 2. The van der Waals surface area contributed by atoms with E-state index in [2.05, 4.69) is 0 Å². The van der Waals surface area contributed by atoms with Gasteiger partial charge in [0.05, 0.1) is 11.4 Å². The van der Waals surface area contributed by atoms with Gasteiger partial charge in [0.15, 0.2) is 11.5 Å². The number of anilines is 3. The lowest BCUT2D eigenvalue weighted by molar-refractivity contribution is 0.459. The van der Waals surface area contributed by atoms with Crippen molar-refractivity contribution in [2.45, 2.75) is 0 Å².